The maximum atomic E-state index is 13.1. The van der Waals surface area contributed by atoms with E-state index in [0.717, 1.165) is 49.1 Å². The van der Waals surface area contributed by atoms with Gasteiger partial charge in [0.1, 0.15) is 17.5 Å². The van der Waals surface area contributed by atoms with Gasteiger partial charge >= 0.3 is 0 Å². The molecule has 1 saturated heterocycles. The fraction of sp³-hybridized carbons (Fsp3) is 0.333. The number of fused-ring (bicyclic) bond motifs is 3. The Morgan fingerprint density at radius 2 is 2.00 bits per heavy atom. The van der Waals surface area contributed by atoms with Crippen LogP contribution in [0.15, 0.2) is 36.5 Å². The van der Waals surface area contributed by atoms with Gasteiger partial charge in [0.05, 0.1) is 24.0 Å². The Morgan fingerprint density at radius 3 is 2.77 bits per heavy atom. The van der Waals surface area contributed by atoms with E-state index in [1.807, 2.05) is 10.6 Å². The molecule has 1 aliphatic carbocycles. The van der Waals surface area contributed by atoms with E-state index in [4.69, 9.17) is 11.6 Å². The van der Waals surface area contributed by atoms with Crippen molar-refractivity contribution < 1.29 is 9.18 Å². The molecule has 1 amide bonds. The first-order valence-electron chi connectivity index (χ1n) is 9.90. The van der Waals surface area contributed by atoms with Gasteiger partial charge in [-0.15, -0.1) is 10.2 Å². The molecule has 0 radical (unpaired) electrons. The second-order valence-corrected chi connectivity index (χ2v) is 8.89. The average molecular weight is 425 g/mol. The zero-order chi connectivity index (χ0) is 20.5. The number of anilines is 1. The van der Waals surface area contributed by atoms with Gasteiger partial charge in [-0.25, -0.2) is 9.37 Å². The summed E-state index contributed by atoms with van der Waals surface area (Å²) < 4.78 is 15.1. The van der Waals surface area contributed by atoms with Crippen LogP contribution in [-0.2, 0) is 6.54 Å². The van der Waals surface area contributed by atoms with Gasteiger partial charge in [0, 0.05) is 29.4 Å². The Hall–Kier alpha value is -3.00. The summed E-state index contributed by atoms with van der Waals surface area (Å²) in [4.78, 5) is 18.8. The van der Waals surface area contributed by atoms with Gasteiger partial charge in [-0.2, -0.15) is 0 Å². The number of rotatable bonds is 2. The molecule has 1 saturated carbocycles. The normalized spacial score (nSPS) is 19.4. The maximum absolute atomic E-state index is 13.1. The molecule has 152 valence electrons. The second kappa shape index (κ2) is 6.25. The molecule has 1 spiro atoms. The molecule has 30 heavy (non-hydrogen) atoms. The van der Waals surface area contributed by atoms with Crippen molar-refractivity contribution in [3.8, 4) is 5.69 Å². The summed E-state index contributed by atoms with van der Waals surface area (Å²) in [6.07, 6.45) is 3.27. The van der Waals surface area contributed by atoms with Gasteiger partial charge in [-0.05, 0) is 43.2 Å². The smallest absolute Gasteiger partial charge is 0.253 e. The van der Waals surface area contributed by atoms with Crippen molar-refractivity contribution in [1.29, 1.82) is 0 Å². The number of aromatic nitrogens is 4. The molecule has 6 rings (SSSR count). The van der Waals surface area contributed by atoms with Crippen molar-refractivity contribution in [2.75, 3.05) is 18.0 Å². The first kappa shape index (κ1) is 17.8. The molecule has 0 unspecified atom stereocenters. The fourth-order valence-electron chi connectivity index (χ4n) is 5.02. The third-order valence-corrected chi connectivity index (χ3v) is 6.65. The predicted molar refractivity (Wildman–Crippen MR) is 108 cm³/mol. The zero-order valence-electron chi connectivity index (χ0n) is 16.0. The summed E-state index contributed by atoms with van der Waals surface area (Å²) >= 11 is 6.12. The number of nitrogens with zero attached hydrogens (tertiary/aromatic N) is 5. The van der Waals surface area contributed by atoms with Crippen LogP contribution in [0, 0.1) is 11.2 Å². The van der Waals surface area contributed by atoms with Crippen molar-refractivity contribution in [3.05, 3.63) is 64.6 Å². The van der Waals surface area contributed by atoms with Crippen LogP contribution in [-0.4, -0.2) is 38.7 Å². The van der Waals surface area contributed by atoms with E-state index in [2.05, 4.69) is 25.4 Å². The fourth-order valence-corrected chi connectivity index (χ4v) is 5.19. The van der Waals surface area contributed by atoms with Crippen molar-refractivity contribution in [1.82, 2.24) is 25.1 Å². The first-order valence-corrected chi connectivity index (χ1v) is 10.3. The number of nitrogens with one attached hydrogen (secondary N) is 1. The molecule has 3 aliphatic rings. The molecular formula is C21H18ClFN6O. The topological polar surface area (TPSA) is 75.9 Å². The minimum Gasteiger partial charge on any atom is -0.355 e. The minimum atomic E-state index is -0.320. The van der Waals surface area contributed by atoms with Crippen molar-refractivity contribution in [2.24, 2.45) is 5.41 Å². The van der Waals surface area contributed by atoms with Gasteiger partial charge < -0.3 is 10.2 Å². The van der Waals surface area contributed by atoms with Gasteiger partial charge in [-0.3, -0.25) is 9.36 Å². The van der Waals surface area contributed by atoms with E-state index in [9.17, 15) is 9.18 Å². The number of carbonyl (C=O) groups is 1. The zero-order valence-corrected chi connectivity index (χ0v) is 16.7. The largest absolute Gasteiger partial charge is 0.355 e. The van der Waals surface area contributed by atoms with Crippen molar-refractivity contribution >= 4 is 23.3 Å². The van der Waals surface area contributed by atoms with Crippen LogP contribution in [0.3, 0.4) is 0 Å². The number of hydrogen-bond donors (Lipinski definition) is 1. The number of hydrogen-bond acceptors (Lipinski definition) is 5. The highest BCUT2D eigenvalue weighted by molar-refractivity contribution is 6.31. The lowest BCUT2D eigenvalue weighted by molar-refractivity contribution is 0.0581. The van der Waals surface area contributed by atoms with Crippen molar-refractivity contribution in [2.45, 2.75) is 25.3 Å². The molecule has 9 heteroatoms. The van der Waals surface area contributed by atoms with Crippen LogP contribution in [0.25, 0.3) is 5.69 Å². The minimum absolute atomic E-state index is 0.157. The Kier molecular flexibility index (Phi) is 3.71. The quantitative estimate of drug-likeness (QED) is 0.684. The summed E-state index contributed by atoms with van der Waals surface area (Å²) in [5.41, 5.74) is 1.55. The molecule has 2 fully saturated rings. The molecule has 7 nitrogen and oxygen atoms in total. The Morgan fingerprint density at radius 1 is 1.17 bits per heavy atom. The highest BCUT2D eigenvalue weighted by Gasteiger charge is 2.54. The van der Waals surface area contributed by atoms with E-state index in [-0.39, 0.29) is 23.1 Å². The summed E-state index contributed by atoms with van der Waals surface area (Å²) in [7, 11) is 0. The third kappa shape index (κ3) is 2.63. The van der Waals surface area contributed by atoms with Crippen LogP contribution in [0.5, 0.6) is 0 Å². The lowest BCUT2D eigenvalue weighted by Crippen LogP contribution is -2.62. The van der Waals surface area contributed by atoms with E-state index >= 15 is 0 Å². The molecule has 0 atom stereocenters. The molecular weight excluding hydrogens is 407 g/mol. The third-order valence-electron chi connectivity index (χ3n) is 6.42. The Balaban J connectivity index is 1.24. The lowest BCUT2D eigenvalue weighted by Gasteiger charge is -2.59. The molecule has 2 aromatic heterocycles. The van der Waals surface area contributed by atoms with Crippen LogP contribution >= 0.6 is 11.6 Å². The lowest BCUT2D eigenvalue weighted by atomic mass is 9.57. The maximum Gasteiger partial charge on any atom is 0.253 e. The summed E-state index contributed by atoms with van der Waals surface area (Å²) in [5, 5.41) is 12.2. The Labute approximate surface area is 176 Å². The monoisotopic (exact) mass is 424 g/mol. The average Bonchev–Trinajstić information content (AvgIpc) is 3.03. The summed E-state index contributed by atoms with van der Waals surface area (Å²) in [6, 6.07) is 8.50. The van der Waals surface area contributed by atoms with E-state index in [1.54, 1.807) is 18.2 Å². The SMILES string of the molecule is O=C1NCc2nnc(C3CC4(C3)CN(c3ccc(F)cn3)C4)n2-c2ccc(Cl)cc21. The van der Waals surface area contributed by atoms with Crippen molar-refractivity contribution in [3.63, 3.8) is 0 Å². The molecule has 1 aromatic carbocycles. The standard InChI is InChI=1S/C21H18ClFN6O/c22-13-1-3-16-15(5-13)20(30)25-9-18-26-27-19(29(16)18)12-6-21(7-12)10-28(11-21)17-4-2-14(23)8-24-17/h1-5,8,12H,6-7,9-11H2,(H,25,30). The second-order valence-electron chi connectivity index (χ2n) is 8.45. The highest BCUT2D eigenvalue weighted by Crippen LogP contribution is 2.56. The van der Waals surface area contributed by atoms with Gasteiger partial charge in [0.15, 0.2) is 5.82 Å². The van der Waals surface area contributed by atoms with Gasteiger partial charge in [-0.1, -0.05) is 11.6 Å². The summed E-state index contributed by atoms with van der Waals surface area (Å²) in [6.45, 7) is 2.16. The molecule has 0 bridgehead atoms. The van der Waals surface area contributed by atoms with Gasteiger partial charge in [0.25, 0.3) is 5.91 Å². The van der Waals surface area contributed by atoms with E-state index < -0.39 is 0 Å². The van der Waals surface area contributed by atoms with E-state index in [0.29, 0.717) is 17.1 Å². The van der Waals surface area contributed by atoms with Gasteiger partial charge in [0.2, 0.25) is 0 Å². The number of amides is 1. The highest BCUT2D eigenvalue weighted by atomic mass is 35.5. The van der Waals surface area contributed by atoms with Crippen LogP contribution in [0.1, 0.15) is 40.8 Å². The number of halogens is 2. The molecule has 1 N–H and O–H groups in total. The number of carbonyl (C=O) groups excluding carboxylic acids is 1. The first-order chi connectivity index (χ1) is 14.5. The molecule has 2 aliphatic heterocycles. The van der Waals surface area contributed by atoms with E-state index in [1.165, 1.54) is 12.3 Å². The van der Waals surface area contributed by atoms with Crippen LogP contribution in [0.2, 0.25) is 5.02 Å². The molecule has 4 heterocycles. The van der Waals surface area contributed by atoms with Crippen LogP contribution < -0.4 is 10.2 Å². The number of pyridine rings is 1. The number of benzene rings is 1. The summed E-state index contributed by atoms with van der Waals surface area (Å²) in [5.74, 6) is 2.25. The molecule has 3 aromatic rings. The van der Waals surface area contributed by atoms with Crippen LogP contribution in [0.4, 0.5) is 10.2 Å². The Bertz CT molecular complexity index is 1160. The predicted octanol–water partition coefficient (Wildman–Crippen LogP) is 3.08.